The Morgan fingerprint density at radius 1 is 1.08 bits per heavy atom. The highest BCUT2D eigenvalue weighted by atomic mass is 32.2. The van der Waals surface area contributed by atoms with E-state index in [-0.39, 0.29) is 10.6 Å². The Morgan fingerprint density at radius 2 is 1.75 bits per heavy atom. The molecule has 3 nitrogen and oxygen atoms in total. The van der Waals surface area contributed by atoms with E-state index in [2.05, 4.69) is 5.32 Å². The van der Waals surface area contributed by atoms with E-state index in [4.69, 9.17) is 0 Å². The van der Waals surface area contributed by atoms with Crippen LogP contribution in [0.3, 0.4) is 0 Å². The van der Waals surface area contributed by atoms with Gasteiger partial charge in [-0.1, -0.05) is 12.1 Å². The molecule has 0 spiro atoms. The monoisotopic (exact) mass is 361 g/mol. The normalized spacial score (nSPS) is 13.6. The summed E-state index contributed by atoms with van der Waals surface area (Å²) in [5.74, 6) is -0.652. The zero-order valence-corrected chi connectivity index (χ0v) is 13.7. The fourth-order valence-electron chi connectivity index (χ4n) is 2.24. The number of hydrogen-bond donors (Lipinski definition) is 1. The summed E-state index contributed by atoms with van der Waals surface area (Å²) < 4.78 is 75.3. The number of rotatable bonds is 4. The third-order valence-corrected chi connectivity index (χ3v) is 4.58. The second-order valence-electron chi connectivity index (χ2n) is 5.40. The van der Waals surface area contributed by atoms with Gasteiger partial charge in [0.2, 0.25) is 0 Å². The van der Waals surface area contributed by atoms with Crippen molar-refractivity contribution in [2.24, 2.45) is 0 Å². The maximum atomic E-state index is 13.4. The second-order valence-corrected chi connectivity index (χ2v) is 7.39. The van der Waals surface area contributed by atoms with Crippen LogP contribution in [0.1, 0.15) is 24.1 Å². The SMILES string of the molecule is CC(Nc1cc(F)ccc1S(C)(=O)=O)c1cccc(C(F)(F)F)c1. The van der Waals surface area contributed by atoms with Crippen molar-refractivity contribution in [3.8, 4) is 0 Å². The molecular formula is C16H15F4NO2S. The Labute approximate surface area is 137 Å². The molecule has 24 heavy (non-hydrogen) atoms. The van der Waals surface area contributed by atoms with E-state index in [1.807, 2.05) is 0 Å². The van der Waals surface area contributed by atoms with E-state index in [1.165, 1.54) is 12.1 Å². The average molecular weight is 361 g/mol. The molecule has 0 radical (unpaired) electrons. The van der Waals surface area contributed by atoms with Gasteiger partial charge < -0.3 is 5.32 Å². The summed E-state index contributed by atoms with van der Waals surface area (Å²) in [6.07, 6.45) is -3.51. The minimum Gasteiger partial charge on any atom is -0.377 e. The number of nitrogens with one attached hydrogen (secondary N) is 1. The van der Waals surface area contributed by atoms with E-state index >= 15 is 0 Å². The first-order chi connectivity index (χ1) is 11.0. The zero-order valence-electron chi connectivity index (χ0n) is 12.9. The summed E-state index contributed by atoms with van der Waals surface area (Å²) in [4.78, 5) is -0.122. The van der Waals surface area contributed by atoms with Gasteiger partial charge in [-0.25, -0.2) is 12.8 Å². The molecule has 1 unspecified atom stereocenters. The van der Waals surface area contributed by atoms with Crippen molar-refractivity contribution in [2.75, 3.05) is 11.6 Å². The number of benzene rings is 2. The molecule has 0 bridgehead atoms. The number of hydrogen-bond acceptors (Lipinski definition) is 3. The van der Waals surface area contributed by atoms with Crippen LogP contribution >= 0.6 is 0 Å². The van der Waals surface area contributed by atoms with Crippen molar-refractivity contribution in [2.45, 2.75) is 24.0 Å². The van der Waals surface area contributed by atoms with Crippen LogP contribution in [0.25, 0.3) is 0 Å². The fourth-order valence-corrected chi connectivity index (χ4v) is 3.07. The van der Waals surface area contributed by atoms with Crippen LogP contribution in [0.15, 0.2) is 47.4 Å². The summed E-state index contributed by atoms with van der Waals surface area (Å²) in [6.45, 7) is 1.56. The largest absolute Gasteiger partial charge is 0.416 e. The molecule has 0 aliphatic heterocycles. The van der Waals surface area contributed by atoms with Gasteiger partial charge in [0.05, 0.1) is 16.1 Å². The van der Waals surface area contributed by atoms with Crippen molar-refractivity contribution >= 4 is 15.5 Å². The molecule has 2 aromatic carbocycles. The van der Waals surface area contributed by atoms with E-state index in [1.54, 1.807) is 6.92 Å². The van der Waals surface area contributed by atoms with Crippen molar-refractivity contribution in [3.63, 3.8) is 0 Å². The fraction of sp³-hybridized carbons (Fsp3) is 0.250. The third kappa shape index (κ3) is 4.25. The van der Waals surface area contributed by atoms with Gasteiger partial charge in [-0.2, -0.15) is 13.2 Å². The quantitative estimate of drug-likeness (QED) is 0.648. The maximum Gasteiger partial charge on any atom is 0.416 e. The predicted octanol–water partition coefficient (Wildman–Crippen LogP) is 4.42. The van der Waals surface area contributed by atoms with Gasteiger partial charge in [-0.3, -0.25) is 0 Å². The molecule has 0 aliphatic rings. The summed E-state index contributed by atoms with van der Waals surface area (Å²) in [6, 6.07) is 7.13. The number of sulfone groups is 1. The molecular weight excluding hydrogens is 346 g/mol. The number of halogens is 4. The van der Waals surface area contributed by atoms with Gasteiger partial charge >= 0.3 is 6.18 Å². The lowest BCUT2D eigenvalue weighted by Gasteiger charge is -2.19. The summed E-state index contributed by atoms with van der Waals surface area (Å²) in [5.41, 5.74) is -0.507. The van der Waals surface area contributed by atoms with Crippen molar-refractivity contribution in [1.82, 2.24) is 0 Å². The van der Waals surface area contributed by atoms with Gasteiger partial charge in [-0.15, -0.1) is 0 Å². The van der Waals surface area contributed by atoms with Crippen LogP contribution in [0.4, 0.5) is 23.2 Å². The first-order valence-electron chi connectivity index (χ1n) is 6.92. The van der Waals surface area contributed by atoms with Crippen LogP contribution < -0.4 is 5.32 Å². The minimum absolute atomic E-state index is 0.00223. The molecule has 0 aliphatic carbocycles. The minimum atomic E-state index is -4.48. The molecule has 1 atom stereocenters. The predicted molar refractivity (Wildman–Crippen MR) is 83.0 cm³/mol. The number of alkyl halides is 3. The summed E-state index contributed by atoms with van der Waals surface area (Å²) in [7, 11) is -3.62. The van der Waals surface area contributed by atoms with E-state index in [9.17, 15) is 26.0 Å². The van der Waals surface area contributed by atoms with E-state index in [0.29, 0.717) is 5.56 Å². The van der Waals surface area contributed by atoms with Gasteiger partial charge in [0, 0.05) is 12.3 Å². The number of anilines is 1. The van der Waals surface area contributed by atoms with Crippen molar-refractivity contribution in [1.29, 1.82) is 0 Å². The van der Waals surface area contributed by atoms with Crippen molar-refractivity contribution in [3.05, 3.63) is 59.4 Å². The lowest BCUT2D eigenvalue weighted by atomic mass is 10.0. The van der Waals surface area contributed by atoms with E-state index in [0.717, 1.165) is 36.6 Å². The topological polar surface area (TPSA) is 46.2 Å². The standard InChI is InChI=1S/C16H15F4NO2S/c1-10(11-4-3-5-12(8-11)16(18,19)20)21-14-9-13(17)6-7-15(14)24(2,22)23/h3-10,21H,1-2H3. The van der Waals surface area contributed by atoms with Crippen LogP contribution in [0.5, 0.6) is 0 Å². The smallest absolute Gasteiger partial charge is 0.377 e. The highest BCUT2D eigenvalue weighted by Gasteiger charge is 2.30. The second kappa shape index (κ2) is 6.43. The molecule has 2 rings (SSSR count). The molecule has 0 heterocycles. The molecule has 0 saturated carbocycles. The third-order valence-electron chi connectivity index (χ3n) is 3.43. The lowest BCUT2D eigenvalue weighted by molar-refractivity contribution is -0.137. The summed E-state index contributed by atoms with van der Waals surface area (Å²) in [5, 5.41) is 2.77. The highest BCUT2D eigenvalue weighted by molar-refractivity contribution is 7.90. The first-order valence-corrected chi connectivity index (χ1v) is 8.81. The maximum absolute atomic E-state index is 13.4. The van der Waals surface area contributed by atoms with Gasteiger partial charge in [0.25, 0.3) is 0 Å². The van der Waals surface area contributed by atoms with Crippen LogP contribution in [0.2, 0.25) is 0 Å². The first kappa shape index (κ1) is 18.3. The Kier molecular flexibility index (Phi) is 4.89. The Morgan fingerprint density at radius 3 is 2.33 bits per heavy atom. The molecule has 2 aromatic rings. The molecule has 0 fully saturated rings. The Balaban J connectivity index is 2.37. The molecule has 0 aromatic heterocycles. The molecule has 0 amide bonds. The van der Waals surface area contributed by atoms with Gasteiger partial charge in [-0.05, 0) is 42.8 Å². The van der Waals surface area contributed by atoms with Gasteiger partial charge in [0.15, 0.2) is 9.84 Å². The van der Waals surface area contributed by atoms with Gasteiger partial charge in [0.1, 0.15) is 5.82 Å². The molecule has 8 heteroatoms. The van der Waals surface area contributed by atoms with Crippen LogP contribution in [0, 0.1) is 5.82 Å². The van der Waals surface area contributed by atoms with Crippen molar-refractivity contribution < 1.29 is 26.0 Å². The molecule has 1 N–H and O–H groups in total. The highest BCUT2D eigenvalue weighted by Crippen LogP contribution is 2.32. The zero-order chi connectivity index (χ0) is 18.1. The van der Waals surface area contributed by atoms with Crippen LogP contribution in [-0.4, -0.2) is 14.7 Å². The Hall–Kier alpha value is -2.09. The molecule has 130 valence electrons. The average Bonchev–Trinajstić information content (AvgIpc) is 2.45. The lowest BCUT2D eigenvalue weighted by Crippen LogP contribution is -2.12. The van der Waals surface area contributed by atoms with E-state index < -0.39 is 33.4 Å². The Bertz CT molecular complexity index is 847. The van der Waals surface area contributed by atoms with Crippen LogP contribution in [-0.2, 0) is 16.0 Å². The molecule has 0 saturated heterocycles. The summed E-state index contributed by atoms with van der Waals surface area (Å²) >= 11 is 0.